The van der Waals surface area contributed by atoms with E-state index < -0.39 is 0 Å². The van der Waals surface area contributed by atoms with Crippen LogP contribution in [0.4, 0.5) is 0 Å². The average Bonchev–Trinajstić information content (AvgIpc) is 2.70. The van der Waals surface area contributed by atoms with Crippen LogP contribution < -0.4 is 10.6 Å². The molecule has 0 aliphatic heterocycles. The molecule has 0 aliphatic rings. The minimum absolute atomic E-state index is 0.485. The Bertz CT molecular complexity index is 221. The molecule has 1 heterocycles. The fraction of sp³-hybridized carbons (Fsp3) is 0.636. The van der Waals surface area contributed by atoms with E-state index in [-0.39, 0.29) is 0 Å². The first-order valence-electron chi connectivity index (χ1n) is 5.32. The average molecular weight is 212 g/mol. The van der Waals surface area contributed by atoms with Crippen molar-refractivity contribution in [1.29, 1.82) is 0 Å². The van der Waals surface area contributed by atoms with Crippen molar-refractivity contribution in [2.24, 2.45) is 0 Å². The molecule has 1 rings (SSSR count). The molecule has 0 saturated carbocycles. The van der Waals surface area contributed by atoms with Crippen molar-refractivity contribution in [1.82, 2.24) is 10.6 Å². The maximum atomic E-state index is 3.49. The highest BCUT2D eigenvalue weighted by atomic mass is 32.1. The van der Waals surface area contributed by atoms with Gasteiger partial charge in [0.05, 0.1) is 0 Å². The highest BCUT2D eigenvalue weighted by Gasteiger charge is 2.03. The Hall–Kier alpha value is -0.380. The second-order valence-electron chi connectivity index (χ2n) is 3.44. The normalized spacial score (nSPS) is 13.0. The lowest BCUT2D eigenvalue weighted by Crippen LogP contribution is -2.29. The van der Waals surface area contributed by atoms with E-state index in [9.17, 15) is 0 Å². The molecule has 1 aromatic rings. The van der Waals surface area contributed by atoms with Crippen LogP contribution in [-0.2, 0) is 0 Å². The van der Waals surface area contributed by atoms with Gasteiger partial charge < -0.3 is 10.6 Å². The minimum Gasteiger partial charge on any atom is -0.315 e. The number of nitrogens with one attached hydrogen (secondary N) is 2. The van der Waals surface area contributed by atoms with Crippen molar-refractivity contribution in [3.63, 3.8) is 0 Å². The first-order valence-corrected chi connectivity index (χ1v) is 6.20. The van der Waals surface area contributed by atoms with E-state index in [1.165, 1.54) is 11.3 Å². The molecule has 80 valence electrons. The van der Waals surface area contributed by atoms with Gasteiger partial charge >= 0.3 is 0 Å². The molecule has 0 aliphatic carbocycles. The summed E-state index contributed by atoms with van der Waals surface area (Å²) in [7, 11) is 0. The Morgan fingerprint density at radius 3 is 2.86 bits per heavy atom. The minimum atomic E-state index is 0.485. The van der Waals surface area contributed by atoms with E-state index in [2.05, 4.69) is 42.0 Å². The molecule has 1 aromatic heterocycles. The van der Waals surface area contributed by atoms with Gasteiger partial charge in [0.15, 0.2) is 0 Å². The van der Waals surface area contributed by atoms with Crippen molar-refractivity contribution in [3.05, 3.63) is 22.4 Å². The van der Waals surface area contributed by atoms with Gasteiger partial charge in [-0.3, -0.25) is 0 Å². The second kappa shape index (κ2) is 6.98. The van der Waals surface area contributed by atoms with Crippen molar-refractivity contribution >= 4 is 11.3 Å². The van der Waals surface area contributed by atoms with Crippen LogP contribution in [0, 0.1) is 0 Å². The summed E-state index contributed by atoms with van der Waals surface area (Å²) in [6.07, 6.45) is 1.21. The van der Waals surface area contributed by atoms with Crippen LogP contribution in [0.5, 0.6) is 0 Å². The van der Waals surface area contributed by atoms with Gasteiger partial charge in [0.1, 0.15) is 0 Å². The van der Waals surface area contributed by atoms with Gasteiger partial charge in [0, 0.05) is 24.0 Å². The van der Waals surface area contributed by atoms with E-state index in [0.717, 1.165) is 19.6 Å². The molecule has 0 radical (unpaired) electrons. The zero-order valence-electron chi connectivity index (χ0n) is 9.05. The fourth-order valence-corrected chi connectivity index (χ4v) is 2.08. The summed E-state index contributed by atoms with van der Waals surface area (Å²) in [6.45, 7) is 7.62. The summed E-state index contributed by atoms with van der Waals surface area (Å²) in [5, 5.41) is 9.00. The van der Waals surface area contributed by atoms with E-state index in [4.69, 9.17) is 0 Å². The van der Waals surface area contributed by atoms with Gasteiger partial charge in [-0.25, -0.2) is 0 Å². The summed E-state index contributed by atoms with van der Waals surface area (Å²) >= 11 is 1.82. The summed E-state index contributed by atoms with van der Waals surface area (Å²) in [4.78, 5) is 1.42. The van der Waals surface area contributed by atoms with E-state index >= 15 is 0 Å². The molecule has 2 N–H and O–H groups in total. The summed E-state index contributed by atoms with van der Waals surface area (Å²) in [5.41, 5.74) is 0. The predicted octanol–water partition coefficient (Wildman–Crippen LogP) is 2.40. The van der Waals surface area contributed by atoms with E-state index in [1.807, 2.05) is 11.3 Å². The summed E-state index contributed by atoms with van der Waals surface area (Å²) in [5.74, 6) is 0. The van der Waals surface area contributed by atoms with E-state index in [1.54, 1.807) is 0 Å². The predicted molar refractivity (Wildman–Crippen MR) is 63.9 cm³/mol. The van der Waals surface area contributed by atoms with Crippen LogP contribution in [0.1, 0.15) is 31.2 Å². The third-order valence-electron chi connectivity index (χ3n) is 2.15. The number of rotatable bonds is 7. The number of hydrogen-bond acceptors (Lipinski definition) is 3. The Morgan fingerprint density at radius 2 is 2.21 bits per heavy atom. The topological polar surface area (TPSA) is 24.1 Å². The molecule has 14 heavy (non-hydrogen) atoms. The van der Waals surface area contributed by atoms with Crippen molar-refractivity contribution in [2.75, 3.05) is 19.6 Å². The maximum Gasteiger partial charge on any atom is 0.0386 e. The van der Waals surface area contributed by atoms with Gasteiger partial charge in [0.2, 0.25) is 0 Å². The lowest BCUT2D eigenvalue weighted by molar-refractivity contribution is 0.550. The molecule has 0 fully saturated rings. The van der Waals surface area contributed by atoms with Crippen molar-refractivity contribution in [3.8, 4) is 0 Å². The third-order valence-corrected chi connectivity index (χ3v) is 3.20. The fourth-order valence-electron chi connectivity index (χ4n) is 1.32. The molecule has 0 aromatic carbocycles. The van der Waals surface area contributed by atoms with Crippen LogP contribution in [0.3, 0.4) is 0 Å². The Kier molecular flexibility index (Phi) is 5.83. The highest BCUT2D eigenvalue weighted by Crippen LogP contribution is 2.17. The molecule has 1 atom stereocenters. The Morgan fingerprint density at radius 1 is 1.36 bits per heavy atom. The molecule has 1 unspecified atom stereocenters. The first kappa shape index (κ1) is 11.7. The van der Waals surface area contributed by atoms with Crippen LogP contribution in [0.25, 0.3) is 0 Å². The molecule has 2 nitrogen and oxygen atoms in total. The lowest BCUT2D eigenvalue weighted by Gasteiger charge is -2.12. The molecule has 0 bridgehead atoms. The molecule has 3 heteroatoms. The third kappa shape index (κ3) is 4.22. The Balaban J connectivity index is 2.07. The number of thiophene rings is 1. The van der Waals surface area contributed by atoms with E-state index in [0.29, 0.717) is 6.04 Å². The largest absolute Gasteiger partial charge is 0.315 e. The van der Waals surface area contributed by atoms with Gasteiger partial charge in [-0.2, -0.15) is 0 Å². The van der Waals surface area contributed by atoms with Crippen LogP contribution >= 0.6 is 11.3 Å². The monoisotopic (exact) mass is 212 g/mol. The quantitative estimate of drug-likeness (QED) is 0.678. The standard InChI is InChI=1S/C11H20N2S/c1-3-6-12-7-8-13-10(2)11-5-4-9-14-11/h4-5,9-10,12-13H,3,6-8H2,1-2H3. The first-order chi connectivity index (χ1) is 6.84. The lowest BCUT2D eigenvalue weighted by atomic mass is 10.3. The zero-order valence-corrected chi connectivity index (χ0v) is 9.86. The summed E-state index contributed by atoms with van der Waals surface area (Å²) in [6, 6.07) is 4.77. The second-order valence-corrected chi connectivity index (χ2v) is 4.42. The smallest absolute Gasteiger partial charge is 0.0386 e. The van der Waals surface area contributed by atoms with Crippen LogP contribution in [0.2, 0.25) is 0 Å². The molecule has 0 saturated heterocycles. The van der Waals surface area contributed by atoms with Gasteiger partial charge in [-0.1, -0.05) is 13.0 Å². The van der Waals surface area contributed by atoms with Gasteiger partial charge in [0.25, 0.3) is 0 Å². The van der Waals surface area contributed by atoms with Gasteiger partial charge in [-0.05, 0) is 31.3 Å². The van der Waals surface area contributed by atoms with Crippen molar-refractivity contribution in [2.45, 2.75) is 26.3 Å². The SMILES string of the molecule is CCCNCCNC(C)c1cccs1. The highest BCUT2D eigenvalue weighted by molar-refractivity contribution is 7.10. The molecule has 0 amide bonds. The number of hydrogen-bond donors (Lipinski definition) is 2. The van der Waals surface area contributed by atoms with Crippen LogP contribution in [-0.4, -0.2) is 19.6 Å². The van der Waals surface area contributed by atoms with Crippen molar-refractivity contribution < 1.29 is 0 Å². The van der Waals surface area contributed by atoms with Gasteiger partial charge in [-0.15, -0.1) is 11.3 Å². The molecular formula is C11H20N2S. The maximum absolute atomic E-state index is 3.49. The summed E-state index contributed by atoms with van der Waals surface area (Å²) < 4.78 is 0. The molecular weight excluding hydrogens is 192 g/mol. The Labute approximate surface area is 90.7 Å². The zero-order chi connectivity index (χ0) is 10.2. The molecule has 0 spiro atoms. The van der Waals surface area contributed by atoms with Crippen LogP contribution in [0.15, 0.2) is 17.5 Å².